The monoisotopic (exact) mass is 335 g/mol. The van der Waals surface area contributed by atoms with Gasteiger partial charge in [-0.05, 0) is 23.8 Å². The highest BCUT2D eigenvalue weighted by Crippen LogP contribution is 2.31. The van der Waals surface area contributed by atoms with E-state index in [4.69, 9.17) is 4.42 Å². The van der Waals surface area contributed by atoms with Gasteiger partial charge in [-0.1, -0.05) is 18.2 Å². The second-order valence-electron chi connectivity index (χ2n) is 4.98. The lowest BCUT2D eigenvalue weighted by Gasteiger charge is -2.12. The molecule has 0 bridgehead atoms. The molecule has 3 rings (SSSR count). The number of aromatic nitrogens is 2. The van der Waals surface area contributed by atoms with E-state index in [1.165, 1.54) is 30.5 Å². The van der Waals surface area contributed by atoms with Crippen LogP contribution in [0.1, 0.15) is 21.6 Å². The first kappa shape index (κ1) is 15.9. The maximum atomic E-state index is 12.9. The number of H-pyrrole nitrogens is 1. The molecule has 8 heteroatoms. The summed E-state index contributed by atoms with van der Waals surface area (Å²) in [5.74, 6) is -0.0787. The quantitative estimate of drug-likeness (QED) is 0.765. The molecule has 1 aromatic carbocycles. The number of nitrogens with zero attached hydrogens (tertiary/aromatic N) is 1. The first-order valence-corrected chi connectivity index (χ1v) is 6.98. The fourth-order valence-corrected chi connectivity index (χ4v) is 2.21. The Morgan fingerprint density at radius 1 is 1.21 bits per heavy atom. The molecular formula is C16H12F3N3O2. The number of carbonyl (C=O) groups is 1. The minimum Gasteiger partial charge on any atom is -0.463 e. The van der Waals surface area contributed by atoms with E-state index in [0.717, 1.165) is 6.07 Å². The molecule has 24 heavy (non-hydrogen) atoms. The summed E-state index contributed by atoms with van der Waals surface area (Å²) in [5.41, 5.74) is -0.226. The molecule has 1 amide bonds. The molecule has 124 valence electrons. The van der Waals surface area contributed by atoms with Crippen molar-refractivity contribution in [3.8, 4) is 11.5 Å². The van der Waals surface area contributed by atoms with E-state index in [1.54, 1.807) is 12.1 Å². The smallest absolute Gasteiger partial charge is 0.416 e. The normalized spacial score (nSPS) is 11.5. The molecule has 5 nitrogen and oxygen atoms in total. The molecule has 0 radical (unpaired) electrons. The van der Waals surface area contributed by atoms with Crippen molar-refractivity contribution in [3.63, 3.8) is 0 Å². The first-order chi connectivity index (χ1) is 11.4. The minimum absolute atomic E-state index is 0.0138. The fourth-order valence-electron chi connectivity index (χ4n) is 2.21. The molecule has 3 aromatic rings. The Labute approximate surface area is 134 Å². The summed E-state index contributed by atoms with van der Waals surface area (Å²) in [5, 5.41) is 8.91. The van der Waals surface area contributed by atoms with Crippen molar-refractivity contribution in [2.75, 3.05) is 0 Å². The minimum atomic E-state index is -4.47. The lowest BCUT2D eigenvalue weighted by Crippen LogP contribution is -2.24. The van der Waals surface area contributed by atoms with E-state index in [0.29, 0.717) is 11.5 Å². The number of nitrogens with one attached hydrogen (secondary N) is 2. The SMILES string of the molecule is O=C(NCc1ccccc1C(F)(F)F)c1cc(-c2ccco2)[nH]n1. The molecule has 0 atom stereocenters. The zero-order valence-electron chi connectivity index (χ0n) is 12.2. The van der Waals surface area contributed by atoms with Crippen molar-refractivity contribution in [2.24, 2.45) is 0 Å². The Morgan fingerprint density at radius 3 is 2.71 bits per heavy atom. The zero-order chi connectivity index (χ0) is 17.2. The Morgan fingerprint density at radius 2 is 2.00 bits per heavy atom. The molecule has 0 aliphatic carbocycles. The maximum absolute atomic E-state index is 12.9. The number of rotatable bonds is 4. The number of furan rings is 1. The molecule has 0 aliphatic rings. The Balaban J connectivity index is 1.71. The molecular weight excluding hydrogens is 323 g/mol. The predicted molar refractivity (Wildman–Crippen MR) is 78.9 cm³/mol. The van der Waals surface area contributed by atoms with Gasteiger partial charge in [0.25, 0.3) is 5.91 Å². The highest BCUT2D eigenvalue weighted by molar-refractivity contribution is 5.93. The van der Waals surface area contributed by atoms with Gasteiger partial charge in [-0.3, -0.25) is 9.89 Å². The van der Waals surface area contributed by atoms with E-state index in [9.17, 15) is 18.0 Å². The zero-order valence-corrected chi connectivity index (χ0v) is 12.2. The Bertz CT molecular complexity index is 838. The third-order valence-corrected chi connectivity index (χ3v) is 3.36. The van der Waals surface area contributed by atoms with Gasteiger partial charge >= 0.3 is 6.18 Å². The number of hydrogen-bond donors (Lipinski definition) is 2. The molecule has 0 saturated carbocycles. The van der Waals surface area contributed by atoms with Crippen LogP contribution < -0.4 is 5.32 Å². The van der Waals surface area contributed by atoms with Crippen molar-refractivity contribution in [1.82, 2.24) is 15.5 Å². The molecule has 0 spiro atoms. The van der Waals surface area contributed by atoms with E-state index in [-0.39, 0.29) is 17.8 Å². The van der Waals surface area contributed by atoms with Crippen LogP contribution in [-0.2, 0) is 12.7 Å². The van der Waals surface area contributed by atoms with Gasteiger partial charge in [-0.15, -0.1) is 0 Å². The lowest BCUT2D eigenvalue weighted by molar-refractivity contribution is -0.138. The molecule has 2 N–H and O–H groups in total. The van der Waals surface area contributed by atoms with Crippen LogP contribution in [0.15, 0.2) is 53.1 Å². The third kappa shape index (κ3) is 3.32. The topological polar surface area (TPSA) is 70.9 Å². The van der Waals surface area contributed by atoms with Crippen LogP contribution in [0.2, 0.25) is 0 Å². The summed E-state index contributed by atoms with van der Waals surface area (Å²) in [6.45, 7) is -0.253. The van der Waals surface area contributed by atoms with Gasteiger partial charge < -0.3 is 9.73 Å². The fraction of sp³-hybridized carbons (Fsp3) is 0.125. The Kier molecular flexibility index (Phi) is 4.11. The standard InChI is InChI=1S/C16H12F3N3O2/c17-16(18,19)11-5-2-1-4-10(11)9-20-15(23)13-8-12(21-22-13)14-6-3-7-24-14/h1-8H,9H2,(H,20,23)(H,21,22). The van der Waals surface area contributed by atoms with Crippen molar-refractivity contribution in [2.45, 2.75) is 12.7 Å². The van der Waals surface area contributed by atoms with Crippen molar-refractivity contribution in [1.29, 1.82) is 0 Å². The summed E-state index contributed by atoms with van der Waals surface area (Å²) >= 11 is 0. The van der Waals surface area contributed by atoms with E-state index in [2.05, 4.69) is 15.5 Å². The number of hydrogen-bond acceptors (Lipinski definition) is 3. The lowest BCUT2D eigenvalue weighted by atomic mass is 10.1. The number of benzene rings is 1. The predicted octanol–water partition coefficient (Wildman–Crippen LogP) is 3.62. The molecule has 2 heterocycles. The number of aromatic amines is 1. The Hall–Kier alpha value is -3.03. The van der Waals surface area contributed by atoms with Crippen molar-refractivity contribution in [3.05, 3.63) is 65.5 Å². The van der Waals surface area contributed by atoms with Crippen LogP contribution in [0.3, 0.4) is 0 Å². The molecule has 0 saturated heterocycles. The maximum Gasteiger partial charge on any atom is 0.416 e. The molecule has 2 aromatic heterocycles. The second kappa shape index (κ2) is 6.23. The average Bonchev–Trinajstić information content (AvgIpc) is 3.22. The van der Waals surface area contributed by atoms with Gasteiger partial charge in [0.2, 0.25) is 0 Å². The number of carbonyl (C=O) groups excluding carboxylic acids is 1. The van der Waals surface area contributed by atoms with Gasteiger partial charge in [0.15, 0.2) is 11.5 Å². The van der Waals surface area contributed by atoms with Crippen molar-refractivity contribution >= 4 is 5.91 Å². The molecule has 0 fully saturated rings. The molecule has 0 aliphatic heterocycles. The summed E-state index contributed by atoms with van der Waals surface area (Å²) in [6, 6.07) is 9.92. The van der Waals surface area contributed by atoms with Crippen molar-refractivity contribution < 1.29 is 22.4 Å². The summed E-state index contributed by atoms with van der Waals surface area (Å²) in [6.07, 6.45) is -3.00. The van der Waals surface area contributed by atoms with E-state index >= 15 is 0 Å². The number of alkyl halides is 3. The van der Waals surface area contributed by atoms with Crippen LogP contribution >= 0.6 is 0 Å². The first-order valence-electron chi connectivity index (χ1n) is 6.98. The summed E-state index contributed by atoms with van der Waals surface area (Å²) < 4.78 is 43.9. The highest BCUT2D eigenvalue weighted by atomic mass is 19.4. The van der Waals surface area contributed by atoms with Crippen LogP contribution in [0.25, 0.3) is 11.5 Å². The van der Waals surface area contributed by atoms with Gasteiger partial charge in [0.1, 0.15) is 5.69 Å². The largest absolute Gasteiger partial charge is 0.463 e. The average molecular weight is 335 g/mol. The van der Waals surface area contributed by atoms with Crippen LogP contribution in [-0.4, -0.2) is 16.1 Å². The van der Waals surface area contributed by atoms with E-state index in [1.807, 2.05) is 0 Å². The summed E-state index contributed by atoms with van der Waals surface area (Å²) in [7, 11) is 0. The van der Waals surface area contributed by atoms with E-state index < -0.39 is 17.6 Å². The third-order valence-electron chi connectivity index (χ3n) is 3.36. The summed E-state index contributed by atoms with van der Waals surface area (Å²) in [4.78, 5) is 12.1. The molecule has 0 unspecified atom stereocenters. The highest BCUT2D eigenvalue weighted by Gasteiger charge is 2.32. The van der Waals surface area contributed by atoms with Gasteiger partial charge in [0.05, 0.1) is 11.8 Å². The second-order valence-corrected chi connectivity index (χ2v) is 4.98. The number of halogens is 3. The number of amides is 1. The van der Waals surface area contributed by atoms with Gasteiger partial charge in [0, 0.05) is 12.6 Å². The van der Waals surface area contributed by atoms with Crippen LogP contribution in [0.5, 0.6) is 0 Å². The van der Waals surface area contributed by atoms with Crippen LogP contribution in [0.4, 0.5) is 13.2 Å². The van der Waals surface area contributed by atoms with Gasteiger partial charge in [-0.2, -0.15) is 18.3 Å². The van der Waals surface area contributed by atoms with Gasteiger partial charge in [-0.25, -0.2) is 0 Å². The van der Waals surface area contributed by atoms with Crippen LogP contribution in [0, 0.1) is 0 Å².